The molecule has 4 aromatic rings. The Bertz CT molecular complexity index is 1320. The lowest BCUT2D eigenvalue weighted by Gasteiger charge is -2.10. The smallest absolute Gasteiger partial charge is 0.267 e. The predicted octanol–water partition coefficient (Wildman–Crippen LogP) is 5.61. The van der Waals surface area contributed by atoms with Crippen molar-refractivity contribution in [2.75, 3.05) is 10.0 Å². The zero-order chi connectivity index (χ0) is 20.4. The zero-order valence-corrected chi connectivity index (χ0v) is 17.3. The average Bonchev–Trinajstić information content (AvgIpc) is 3.15. The Balaban J connectivity index is 1.59. The molecule has 0 aliphatic heterocycles. The van der Waals surface area contributed by atoms with E-state index >= 15 is 0 Å². The molecule has 0 aliphatic carbocycles. The second-order valence-electron chi connectivity index (χ2n) is 6.24. The monoisotopic (exact) mass is 442 g/mol. The highest BCUT2D eigenvalue weighted by molar-refractivity contribution is 7.92. The molecule has 4 rings (SSSR count). The first-order valence-electron chi connectivity index (χ1n) is 8.58. The zero-order valence-electron chi connectivity index (χ0n) is 14.9. The van der Waals surface area contributed by atoms with Crippen molar-refractivity contribution in [3.05, 3.63) is 88.1 Å². The number of halogens is 1. The summed E-state index contributed by atoms with van der Waals surface area (Å²) in [5, 5.41) is 6.64. The first-order valence-corrected chi connectivity index (χ1v) is 11.3. The number of fused-ring (bicyclic) bond motifs is 1. The second kappa shape index (κ2) is 7.87. The molecular formula is C21H15ClN2O3S2. The van der Waals surface area contributed by atoms with Gasteiger partial charge in [0.15, 0.2) is 0 Å². The summed E-state index contributed by atoms with van der Waals surface area (Å²) < 4.78 is 28.3. The van der Waals surface area contributed by atoms with E-state index in [4.69, 9.17) is 11.6 Å². The fourth-order valence-electron chi connectivity index (χ4n) is 2.86. The van der Waals surface area contributed by atoms with Crippen molar-refractivity contribution in [1.82, 2.24) is 0 Å². The summed E-state index contributed by atoms with van der Waals surface area (Å²) in [6.45, 7) is 0. The molecule has 0 aliphatic rings. The molecule has 1 aromatic heterocycles. The van der Waals surface area contributed by atoms with Crippen LogP contribution in [-0.2, 0) is 10.0 Å². The van der Waals surface area contributed by atoms with Gasteiger partial charge in [0, 0.05) is 10.7 Å². The summed E-state index contributed by atoms with van der Waals surface area (Å²) in [4.78, 5) is 13.0. The molecule has 146 valence electrons. The van der Waals surface area contributed by atoms with Crippen LogP contribution in [0.1, 0.15) is 9.67 Å². The number of hydrogen-bond acceptors (Lipinski definition) is 4. The molecule has 29 heavy (non-hydrogen) atoms. The molecule has 0 bridgehead atoms. The van der Waals surface area contributed by atoms with Crippen LogP contribution in [0.5, 0.6) is 0 Å². The standard InChI is InChI=1S/C21H15ClN2O3S2/c22-16-6-3-7-17(13-16)23-21(25)20-19(10-11-28-20)24-29(26,27)18-9-8-14-4-1-2-5-15(14)12-18/h1-13,24H,(H,23,25). The summed E-state index contributed by atoms with van der Waals surface area (Å²) in [5.41, 5.74) is 0.752. The van der Waals surface area contributed by atoms with E-state index < -0.39 is 15.9 Å². The van der Waals surface area contributed by atoms with Gasteiger partial charge >= 0.3 is 0 Å². The third kappa shape index (κ3) is 4.27. The van der Waals surface area contributed by atoms with Crippen molar-refractivity contribution in [2.45, 2.75) is 4.90 Å². The van der Waals surface area contributed by atoms with Crippen molar-refractivity contribution in [3.8, 4) is 0 Å². The van der Waals surface area contributed by atoms with Gasteiger partial charge in [-0.15, -0.1) is 11.3 Å². The highest BCUT2D eigenvalue weighted by Crippen LogP contribution is 2.28. The van der Waals surface area contributed by atoms with Crippen molar-refractivity contribution >= 4 is 61.0 Å². The van der Waals surface area contributed by atoms with E-state index in [1.54, 1.807) is 53.9 Å². The normalized spacial score (nSPS) is 11.3. The summed E-state index contributed by atoms with van der Waals surface area (Å²) >= 11 is 7.09. The quantitative estimate of drug-likeness (QED) is 0.422. The van der Waals surface area contributed by atoms with E-state index in [2.05, 4.69) is 10.0 Å². The van der Waals surface area contributed by atoms with Crippen LogP contribution < -0.4 is 10.0 Å². The Kier molecular flexibility index (Phi) is 5.27. The number of amides is 1. The number of sulfonamides is 1. The Labute approximate surface area is 177 Å². The molecule has 0 saturated heterocycles. The fourth-order valence-corrected chi connectivity index (χ4v) is 4.96. The van der Waals surface area contributed by atoms with E-state index in [0.717, 1.165) is 22.1 Å². The van der Waals surface area contributed by atoms with Gasteiger partial charge in [0.05, 0.1) is 10.6 Å². The molecule has 0 spiro atoms. The van der Waals surface area contributed by atoms with Gasteiger partial charge in [-0.25, -0.2) is 8.42 Å². The average molecular weight is 443 g/mol. The Hall–Kier alpha value is -2.87. The van der Waals surface area contributed by atoms with Crippen LogP contribution in [0, 0.1) is 0 Å². The number of carbonyl (C=O) groups is 1. The molecule has 0 atom stereocenters. The van der Waals surface area contributed by atoms with Crippen LogP contribution >= 0.6 is 22.9 Å². The minimum absolute atomic E-state index is 0.128. The topological polar surface area (TPSA) is 75.3 Å². The highest BCUT2D eigenvalue weighted by atomic mass is 35.5. The first-order chi connectivity index (χ1) is 13.9. The summed E-state index contributed by atoms with van der Waals surface area (Å²) in [6, 6.07) is 20.7. The van der Waals surface area contributed by atoms with Gasteiger partial charge in [0.2, 0.25) is 0 Å². The Morgan fingerprint density at radius 2 is 1.69 bits per heavy atom. The van der Waals surface area contributed by atoms with Gasteiger partial charge in [0.25, 0.3) is 15.9 Å². The Morgan fingerprint density at radius 1 is 0.897 bits per heavy atom. The molecular weight excluding hydrogens is 428 g/mol. The number of benzene rings is 3. The maximum atomic E-state index is 12.9. The molecule has 0 unspecified atom stereocenters. The second-order valence-corrected chi connectivity index (χ2v) is 9.28. The number of hydrogen-bond donors (Lipinski definition) is 2. The van der Waals surface area contributed by atoms with Gasteiger partial charge in [-0.05, 0) is 52.6 Å². The first kappa shape index (κ1) is 19.4. The lowest BCUT2D eigenvalue weighted by molar-refractivity contribution is 0.103. The molecule has 0 fully saturated rings. The van der Waals surface area contributed by atoms with Gasteiger partial charge < -0.3 is 5.32 Å². The lowest BCUT2D eigenvalue weighted by atomic mass is 10.1. The van der Waals surface area contributed by atoms with Crippen LogP contribution in [0.3, 0.4) is 0 Å². The van der Waals surface area contributed by atoms with Crippen molar-refractivity contribution in [1.29, 1.82) is 0 Å². The van der Waals surface area contributed by atoms with E-state index in [1.165, 1.54) is 0 Å². The third-order valence-corrected chi connectivity index (χ3v) is 6.74. The van der Waals surface area contributed by atoms with E-state index in [9.17, 15) is 13.2 Å². The third-order valence-electron chi connectivity index (χ3n) is 4.23. The molecule has 0 saturated carbocycles. The minimum Gasteiger partial charge on any atom is -0.321 e. The van der Waals surface area contributed by atoms with Crippen molar-refractivity contribution < 1.29 is 13.2 Å². The van der Waals surface area contributed by atoms with Gasteiger partial charge in [0.1, 0.15) is 4.88 Å². The molecule has 3 aromatic carbocycles. The van der Waals surface area contributed by atoms with Crippen LogP contribution in [0.4, 0.5) is 11.4 Å². The summed E-state index contributed by atoms with van der Waals surface area (Å²) in [6.07, 6.45) is 0. The minimum atomic E-state index is -3.85. The van der Waals surface area contributed by atoms with Crippen LogP contribution in [0.25, 0.3) is 10.8 Å². The maximum absolute atomic E-state index is 12.9. The van der Waals surface area contributed by atoms with Crippen LogP contribution in [0.2, 0.25) is 5.02 Å². The molecule has 1 heterocycles. The summed E-state index contributed by atoms with van der Waals surface area (Å²) in [7, 11) is -3.85. The van der Waals surface area contributed by atoms with E-state index in [0.29, 0.717) is 10.7 Å². The molecule has 5 nitrogen and oxygen atoms in total. The molecule has 2 N–H and O–H groups in total. The number of rotatable bonds is 5. The molecule has 8 heteroatoms. The van der Waals surface area contributed by atoms with Gasteiger partial charge in [-0.3, -0.25) is 9.52 Å². The SMILES string of the molecule is O=C(Nc1cccc(Cl)c1)c1sccc1NS(=O)(=O)c1ccc2ccccc2c1. The van der Waals surface area contributed by atoms with Crippen molar-refractivity contribution in [3.63, 3.8) is 0 Å². The number of nitrogens with one attached hydrogen (secondary N) is 2. The lowest BCUT2D eigenvalue weighted by Crippen LogP contribution is -2.17. The van der Waals surface area contributed by atoms with Crippen LogP contribution in [0.15, 0.2) is 83.1 Å². The predicted molar refractivity (Wildman–Crippen MR) is 118 cm³/mol. The van der Waals surface area contributed by atoms with E-state index in [1.807, 2.05) is 24.3 Å². The van der Waals surface area contributed by atoms with Gasteiger partial charge in [-0.2, -0.15) is 0 Å². The number of anilines is 2. The summed E-state index contributed by atoms with van der Waals surface area (Å²) in [5.74, 6) is -0.418. The molecule has 0 radical (unpaired) electrons. The Morgan fingerprint density at radius 3 is 2.48 bits per heavy atom. The fraction of sp³-hybridized carbons (Fsp3) is 0. The molecule has 1 amide bonds. The number of thiophene rings is 1. The largest absolute Gasteiger partial charge is 0.321 e. The van der Waals surface area contributed by atoms with Crippen molar-refractivity contribution in [2.24, 2.45) is 0 Å². The van der Waals surface area contributed by atoms with Crippen LogP contribution in [-0.4, -0.2) is 14.3 Å². The highest BCUT2D eigenvalue weighted by Gasteiger charge is 2.20. The van der Waals surface area contributed by atoms with E-state index in [-0.39, 0.29) is 15.5 Å². The maximum Gasteiger partial charge on any atom is 0.267 e. The number of carbonyl (C=O) groups excluding carboxylic acids is 1. The van der Waals surface area contributed by atoms with Gasteiger partial charge in [-0.1, -0.05) is 48.0 Å².